The van der Waals surface area contributed by atoms with E-state index in [1.807, 2.05) is 25.1 Å². The van der Waals surface area contributed by atoms with E-state index in [1.54, 1.807) is 6.20 Å². The van der Waals surface area contributed by atoms with Gasteiger partial charge in [-0.1, -0.05) is 25.1 Å². The summed E-state index contributed by atoms with van der Waals surface area (Å²) in [5, 5.41) is 31.5. The summed E-state index contributed by atoms with van der Waals surface area (Å²) < 4.78 is 24.3. The number of allylic oxidation sites excluding steroid dienone is 2. The molecular formula is C29H36FN3O3. The van der Waals surface area contributed by atoms with E-state index in [4.69, 9.17) is 4.74 Å². The van der Waals surface area contributed by atoms with Crippen molar-refractivity contribution in [3.05, 3.63) is 42.1 Å². The molecule has 3 aliphatic carbocycles. The molecule has 192 valence electrons. The molecule has 6 nitrogen and oxygen atoms in total. The fourth-order valence-electron chi connectivity index (χ4n) is 9.16. The van der Waals surface area contributed by atoms with Crippen LogP contribution in [0.15, 0.2) is 36.5 Å². The highest BCUT2D eigenvalue weighted by Crippen LogP contribution is 2.72. The Balaban J connectivity index is 1.27. The molecule has 36 heavy (non-hydrogen) atoms. The number of fused-ring (bicyclic) bond motifs is 2. The van der Waals surface area contributed by atoms with Gasteiger partial charge in [-0.25, -0.2) is 4.39 Å². The zero-order valence-corrected chi connectivity index (χ0v) is 21.3. The van der Waals surface area contributed by atoms with Gasteiger partial charge >= 0.3 is 0 Å². The molecule has 5 aliphatic rings. The number of rotatable bonds is 2. The van der Waals surface area contributed by atoms with Crippen molar-refractivity contribution in [1.82, 2.24) is 15.1 Å². The largest absolute Gasteiger partial charge is 0.390 e. The lowest BCUT2D eigenvalue weighted by molar-refractivity contribution is -0.314. The van der Waals surface area contributed by atoms with Gasteiger partial charge in [-0.2, -0.15) is 10.2 Å². The van der Waals surface area contributed by atoms with Crippen LogP contribution < -0.4 is 0 Å². The maximum absolute atomic E-state index is 17.2. The zero-order valence-electron chi connectivity index (χ0n) is 21.3. The normalized spacial score (nSPS) is 47.4. The maximum atomic E-state index is 17.2. The van der Waals surface area contributed by atoms with E-state index >= 15 is 4.39 Å². The van der Waals surface area contributed by atoms with Crippen LogP contribution >= 0.6 is 0 Å². The van der Waals surface area contributed by atoms with E-state index < -0.39 is 29.1 Å². The van der Waals surface area contributed by atoms with Crippen LogP contribution in [0.2, 0.25) is 0 Å². The lowest BCUT2D eigenvalue weighted by atomic mass is 9.51. The van der Waals surface area contributed by atoms with Crippen LogP contribution in [0.25, 0.3) is 16.5 Å². The lowest BCUT2D eigenvalue weighted by Gasteiger charge is -2.64. The number of halogens is 1. The highest BCUT2D eigenvalue weighted by molar-refractivity contribution is 5.84. The summed E-state index contributed by atoms with van der Waals surface area (Å²) in [6.07, 6.45) is 6.43. The zero-order chi connectivity index (χ0) is 25.1. The molecule has 2 aromatic rings. The Morgan fingerprint density at radius 3 is 2.69 bits per heavy atom. The first-order valence-corrected chi connectivity index (χ1v) is 13.5. The second-order valence-corrected chi connectivity index (χ2v) is 12.7. The molecule has 0 radical (unpaired) electrons. The van der Waals surface area contributed by atoms with Gasteiger partial charge in [-0.15, -0.1) is 0 Å². The van der Waals surface area contributed by atoms with Crippen LogP contribution in [-0.2, 0) is 4.74 Å². The maximum Gasteiger partial charge on any atom is 0.140 e. The number of benzene rings is 1. The summed E-state index contributed by atoms with van der Waals surface area (Å²) in [6.45, 7) is 2.30. The molecule has 2 saturated carbocycles. The van der Waals surface area contributed by atoms with E-state index in [0.29, 0.717) is 19.3 Å². The number of alkyl halides is 1. The number of aliphatic hydroxyl groups is 2. The second-order valence-electron chi connectivity index (χ2n) is 12.7. The Kier molecular flexibility index (Phi) is 4.73. The van der Waals surface area contributed by atoms with E-state index in [0.717, 1.165) is 35.7 Å². The molecule has 2 N–H and O–H groups in total. The summed E-state index contributed by atoms with van der Waals surface area (Å²) >= 11 is 0. The molecule has 3 unspecified atom stereocenters. The monoisotopic (exact) mass is 493 g/mol. The number of likely N-dealkylation sites (N-methyl/N-ethyl adjacent to an activating group) is 1. The van der Waals surface area contributed by atoms with Crippen LogP contribution in [0.3, 0.4) is 0 Å². The molecule has 7 rings (SSSR count). The Bertz CT molecular complexity index is 1270. The molecule has 1 aromatic carbocycles. The average Bonchev–Trinajstić information content (AvgIpc) is 3.39. The molecule has 9 atom stereocenters. The molecule has 2 bridgehead atoms. The first-order valence-electron chi connectivity index (χ1n) is 13.5. The van der Waals surface area contributed by atoms with Crippen molar-refractivity contribution in [2.75, 3.05) is 14.1 Å². The smallest absolute Gasteiger partial charge is 0.140 e. The summed E-state index contributed by atoms with van der Waals surface area (Å²) in [5.74, 6) is -0.333. The first kappa shape index (κ1) is 23.2. The Morgan fingerprint density at radius 1 is 1.06 bits per heavy atom. The van der Waals surface area contributed by atoms with Crippen LogP contribution in [0.1, 0.15) is 57.4 Å². The quantitative estimate of drug-likeness (QED) is 0.661. The van der Waals surface area contributed by atoms with Crippen molar-refractivity contribution in [3.63, 3.8) is 0 Å². The molecule has 2 spiro atoms. The van der Waals surface area contributed by atoms with Gasteiger partial charge in [0.15, 0.2) is 0 Å². The van der Waals surface area contributed by atoms with Crippen LogP contribution in [-0.4, -0.2) is 74.5 Å². The van der Waals surface area contributed by atoms with Crippen molar-refractivity contribution in [3.8, 4) is 0 Å². The van der Waals surface area contributed by atoms with Gasteiger partial charge in [0.25, 0.3) is 0 Å². The number of aromatic nitrogens is 2. The highest BCUT2D eigenvalue weighted by atomic mass is 19.1. The van der Waals surface area contributed by atoms with Gasteiger partial charge in [0.2, 0.25) is 0 Å². The van der Waals surface area contributed by atoms with E-state index in [1.165, 1.54) is 5.57 Å². The van der Waals surface area contributed by atoms with Crippen molar-refractivity contribution < 1.29 is 19.3 Å². The van der Waals surface area contributed by atoms with Crippen LogP contribution in [0.4, 0.5) is 4.39 Å². The van der Waals surface area contributed by atoms with Crippen LogP contribution in [0.5, 0.6) is 0 Å². The number of nitrogens with zero attached hydrogens (tertiary/aromatic N) is 3. The summed E-state index contributed by atoms with van der Waals surface area (Å²) in [4.78, 5) is 1.98. The number of ether oxygens (including phenoxy) is 1. The van der Waals surface area contributed by atoms with Gasteiger partial charge in [-0.05, 0) is 87.7 Å². The van der Waals surface area contributed by atoms with E-state index in [-0.39, 0.29) is 29.7 Å². The molecular weight excluding hydrogens is 457 g/mol. The molecule has 4 fully saturated rings. The minimum Gasteiger partial charge on any atom is -0.390 e. The number of hydrogen-bond acceptors (Lipinski definition) is 6. The van der Waals surface area contributed by atoms with Crippen LogP contribution in [0, 0.1) is 17.3 Å². The van der Waals surface area contributed by atoms with E-state index in [2.05, 4.69) is 41.4 Å². The van der Waals surface area contributed by atoms with Gasteiger partial charge in [-0.3, -0.25) is 0 Å². The minimum absolute atomic E-state index is 0.0402. The molecule has 1 aromatic heterocycles. The summed E-state index contributed by atoms with van der Waals surface area (Å²) in [5.41, 5.74) is 0.156. The Labute approximate surface area is 211 Å². The second kappa shape index (κ2) is 7.34. The molecule has 0 amide bonds. The number of hydrogen-bond donors (Lipinski definition) is 2. The van der Waals surface area contributed by atoms with Crippen molar-refractivity contribution in [2.45, 2.75) is 87.0 Å². The fraction of sp³-hybridized carbons (Fsp3) is 0.655. The van der Waals surface area contributed by atoms with Crippen molar-refractivity contribution in [1.29, 1.82) is 0 Å². The summed E-state index contributed by atoms with van der Waals surface area (Å²) in [7, 11) is 3.87. The molecule has 7 heteroatoms. The average molecular weight is 494 g/mol. The molecule has 2 aliphatic heterocycles. The standard InChI is InChI=1S/C29H36FN3O3/c1-26-9-11-28(30)15-20-24(34)25(35)22(33(2)3)16-27(20)10-12-29(28,36-27)23(26)7-6-19(26)18-5-4-17-8-13-31-32-21(17)14-18/h4-6,8,13-14,20,22-25,34-35H,7,9-12,15-16H2,1-3H3/t20?,22-,23?,24+,25+,26+,27+,28?,29-/m0/s1. The molecule has 3 heterocycles. The molecule has 2 saturated heterocycles. The van der Waals surface area contributed by atoms with Gasteiger partial charge < -0.3 is 19.8 Å². The number of aliphatic hydroxyl groups excluding tert-OH is 2. The first-order chi connectivity index (χ1) is 17.1. The highest BCUT2D eigenvalue weighted by Gasteiger charge is 2.77. The minimum atomic E-state index is -1.49. The van der Waals surface area contributed by atoms with Crippen molar-refractivity contribution in [2.24, 2.45) is 17.3 Å². The fourth-order valence-corrected chi connectivity index (χ4v) is 9.16. The third-order valence-electron chi connectivity index (χ3n) is 11.0. The predicted molar refractivity (Wildman–Crippen MR) is 135 cm³/mol. The SMILES string of the molecule is CN(C)[C@H]1C[C@@]23CC[C@]4(O2)C2CC=C(c5ccc6ccnnc6c5)[C@@]2(C)CCC4(F)CC3[C@@H](O)[C@@H]1O. The third kappa shape index (κ3) is 2.75. The predicted octanol–water partition coefficient (Wildman–Crippen LogP) is 3.91. The Hall–Kier alpha value is -1.93. The van der Waals surface area contributed by atoms with E-state index in [9.17, 15) is 10.2 Å². The van der Waals surface area contributed by atoms with Gasteiger partial charge in [0.1, 0.15) is 11.3 Å². The van der Waals surface area contributed by atoms with Gasteiger partial charge in [0.05, 0.1) is 29.5 Å². The van der Waals surface area contributed by atoms with Gasteiger partial charge in [0, 0.05) is 23.3 Å². The Morgan fingerprint density at radius 2 is 1.89 bits per heavy atom. The third-order valence-corrected chi connectivity index (χ3v) is 11.0. The topological polar surface area (TPSA) is 78.7 Å². The summed E-state index contributed by atoms with van der Waals surface area (Å²) in [6, 6.07) is 8.14. The van der Waals surface area contributed by atoms with Crippen molar-refractivity contribution >= 4 is 16.5 Å². The lowest BCUT2D eigenvalue weighted by Crippen LogP contribution is -2.72.